The number of aromatic nitrogens is 1. The first kappa shape index (κ1) is 24.0. The SMILES string of the molecule is O=C(NCC1(CC2CC2)CCC(S(=O)(=O)CC2CC2)CC1)c1cc2sccc2nc1C(F)(F)F. The molecule has 1 N–H and O–H groups in total. The Morgan fingerprint density at radius 1 is 1.12 bits per heavy atom. The maximum Gasteiger partial charge on any atom is 0.434 e. The van der Waals surface area contributed by atoms with Crippen molar-refractivity contribution in [2.24, 2.45) is 17.3 Å². The van der Waals surface area contributed by atoms with E-state index in [1.807, 2.05) is 0 Å². The van der Waals surface area contributed by atoms with Crippen molar-refractivity contribution in [3.05, 3.63) is 28.8 Å². The van der Waals surface area contributed by atoms with Gasteiger partial charge in [0.15, 0.2) is 15.5 Å². The molecular weight excluding hydrogens is 485 g/mol. The number of hydrogen-bond acceptors (Lipinski definition) is 5. The van der Waals surface area contributed by atoms with Crippen molar-refractivity contribution in [3.63, 3.8) is 0 Å². The molecule has 2 aromatic rings. The molecule has 3 aliphatic rings. The number of amides is 1. The Labute approximate surface area is 201 Å². The molecule has 2 aromatic heterocycles. The minimum absolute atomic E-state index is 0.227. The van der Waals surface area contributed by atoms with Gasteiger partial charge in [0.1, 0.15) is 0 Å². The number of alkyl halides is 3. The van der Waals surface area contributed by atoms with Gasteiger partial charge in [0.25, 0.3) is 5.91 Å². The summed E-state index contributed by atoms with van der Waals surface area (Å²) in [4.78, 5) is 16.7. The molecule has 0 spiro atoms. The molecule has 10 heteroatoms. The number of nitrogens with zero attached hydrogens (tertiary/aromatic N) is 1. The van der Waals surface area contributed by atoms with Gasteiger partial charge in [0.05, 0.1) is 26.8 Å². The van der Waals surface area contributed by atoms with Crippen LogP contribution < -0.4 is 5.32 Å². The summed E-state index contributed by atoms with van der Waals surface area (Å²) < 4.78 is 67.0. The van der Waals surface area contributed by atoms with Crippen molar-refractivity contribution in [2.75, 3.05) is 12.3 Å². The summed E-state index contributed by atoms with van der Waals surface area (Å²) in [5, 5.41) is 4.10. The van der Waals surface area contributed by atoms with Gasteiger partial charge < -0.3 is 5.32 Å². The number of halogens is 3. The van der Waals surface area contributed by atoms with Crippen LogP contribution in [-0.2, 0) is 16.0 Å². The van der Waals surface area contributed by atoms with Crippen LogP contribution >= 0.6 is 11.3 Å². The first-order valence-corrected chi connectivity index (χ1v) is 14.6. The van der Waals surface area contributed by atoms with Crippen LogP contribution in [0.2, 0.25) is 0 Å². The van der Waals surface area contributed by atoms with Crippen LogP contribution in [0, 0.1) is 17.3 Å². The Kier molecular flexibility index (Phi) is 6.19. The first-order valence-electron chi connectivity index (χ1n) is 12.0. The second kappa shape index (κ2) is 8.76. The highest BCUT2D eigenvalue weighted by molar-refractivity contribution is 7.92. The number of carbonyl (C=O) groups excluding carboxylic acids is 1. The molecule has 0 unspecified atom stereocenters. The van der Waals surface area contributed by atoms with Gasteiger partial charge in [-0.1, -0.05) is 12.8 Å². The summed E-state index contributed by atoms with van der Waals surface area (Å²) in [7, 11) is -3.11. The fourth-order valence-corrected chi connectivity index (χ4v) is 8.33. The molecule has 3 fully saturated rings. The molecule has 5 nitrogen and oxygen atoms in total. The fourth-order valence-electron chi connectivity index (χ4n) is 5.35. The summed E-state index contributed by atoms with van der Waals surface area (Å²) >= 11 is 1.24. The number of thiophene rings is 1. The Hall–Kier alpha value is -1.68. The van der Waals surface area contributed by atoms with E-state index >= 15 is 0 Å². The normalized spacial score (nSPS) is 26.0. The van der Waals surface area contributed by atoms with Gasteiger partial charge >= 0.3 is 6.18 Å². The number of hydrogen-bond donors (Lipinski definition) is 1. The molecule has 2 heterocycles. The third kappa shape index (κ3) is 5.27. The number of nitrogens with one attached hydrogen (secondary N) is 1. The third-order valence-corrected chi connectivity index (χ3v) is 10.9. The van der Waals surface area contributed by atoms with E-state index in [-0.39, 0.29) is 28.5 Å². The number of sulfone groups is 1. The van der Waals surface area contributed by atoms with Gasteiger partial charge in [-0.15, -0.1) is 11.3 Å². The van der Waals surface area contributed by atoms with Crippen molar-refractivity contribution in [2.45, 2.75) is 69.2 Å². The number of fused-ring (bicyclic) bond motifs is 1. The fraction of sp³-hybridized carbons (Fsp3) is 0.667. The molecule has 3 aliphatic carbocycles. The number of pyridine rings is 1. The molecular formula is C24H29F3N2O3S2. The van der Waals surface area contributed by atoms with Crippen molar-refractivity contribution in [1.29, 1.82) is 0 Å². The minimum atomic E-state index is -4.73. The molecule has 3 saturated carbocycles. The highest BCUT2D eigenvalue weighted by atomic mass is 32.2. The lowest BCUT2D eigenvalue weighted by Crippen LogP contribution is -2.43. The lowest BCUT2D eigenvalue weighted by molar-refractivity contribution is -0.141. The lowest BCUT2D eigenvalue weighted by Gasteiger charge is -2.40. The van der Waals surface area contributed by atoms with Crippen molar-refractivity contribution in [1.82, 2.24) is 10.3 Å². The summed E-state index contributed by atoms with van der Waals surface area (Å²) in [5.74, 6) is 0.391. The van der Waals surface area contributed by atoms with Crippen LogP contribution in [0.3, 0.4) is 0 Å². The van der Waals surface area contributed by atoms with Crippen molar-refractivity contribution < 1.29 is 26.4 Å². The van der Waals surface area contributed by atoms with E-state index in [1.165, 1.54) is 23.5 Å². The van der Waals surface area contributed by atoms with Gasteiger partial charge in [-0.2, -0.15) is 13.2 Å². The molecule has 186 valence electrons. The molecule has 0 saturated heterocycles. The standard InChI is InChI=1S/C24H29F3N2O3S2/c25-24(26,27)21-18(11-20-19(29-21)7-10-33-20)22(30)28-14-23(12-15-1-2-15)8-5-17(6-9-23)34(31,32)13-16-3-4-16/h7,10-11,15-17H,1-6,8-9,12-14H2,(H,28,30). The van der Waals surface area contributed by atoms with Crippen LogP contribution in [-0.4, -0.2) is 36.9 Å². The molecule has 0 atom stereocenters. The number of carbonyl (C=O) groups is 1. The van der Waals surface area contributed by atoms with Crippen LogP contribution in [0.25, 0.3) is 10.2 Å². The summed E-state index contributed by atoms with van der Waals surface area (Å²) in [5.41, 5.74) is -1.65. The third-order valence-electron chi connectivity index (χ3n) is 7.66. The maximum atomic E-state index is 13.6. The van der Waals surface area contributed by atoms with Gasteiger partial charge in [0, 0.05) is 6.54 Å². The Morgan fingerprint density at radius 3 is 2.41 bits per heavy atom. The summed E-state index contributed by atoms with van der Waals surface area (Å²) in [6, 6.07) is 2.79. The van der Waals surface area contributed by atoms with E-state index in [0.717, 1.165) is 32.1 Å². The molecule has 0 radical (unpaired) electrons. The highest BCUT2D eigenvalue weighted by Crippen LogP contribution is 2.49. The Morgan fingerprint density at radius 2 is 1.79 bits per heavy atom. The van der Waals surface area contributed by atoms with Gasteiger partial charge in [-0.3, -0.25) is 4.79 Å². The van der Waals surface area contributed by atoms with Gasteiger partial charge in [0.2, 0.25) is 0 Å². The zero-order chi connectivity index (χ0) is 24.1. The molecule has 5 rings (SSSR count). The largest absolute Gasteiger partial charge is 0.434 e. The molecule has 0 aliphatic heterocycles. The van der Waals surface area contributed by atoms with E-state index < -0.39 is 33.2 Å². The van der Waals surface area contributed by atoms with Crippen LogP contribution in [0.15, 0.2) is 17.5 Å². The quantitative estimate of drug-likeness (QED) is 0.498. The predicted molar refractivity (Wildman–Crippen MR) is 125 cm³/mol. The van der Waals surface area contributed by atoms with Crippen molar-refractivity contribution >= 4 is 37.3 Å². The van der Waals surface area contributed by atoms with E-state index in [4.69, 9.17) is 0 Å². The molecule has 0 aromatic carbocycles. The molecule has 0 bridgehead atoms. The zero-order valence-corrected chi connectivity index (χ0v) is 20.5. The van der Waals surface area contributed by atoms with E-state index in [0.29, 0.717) is 42.2 Å². The smallest absolute Gasteiger partial charge is 0.351 e. The van der Waals surface area contributed by atoms with Crippen LogP contribution in [0.4, 0.5) is 13.2 Å². The summed E-state index contributed by atoms with van der Waals surface area (Å²) in [6.45, 7) is 0.261. The Balaban J connectivity index is 1.30. The molecule has 1 amide bonds. The van der Waals surface area contributed by atoms with Gasteiger partial charge in [-0.05, 0) is 79.7 Å². The van der Waals surface area contributed by atoms with E-state index in [1.54, 1.807) is 5.38 Å². The van der Waals surface area contributed by atoms with E-state index in [2.05, 4.69) is 10.3 Å². The maximum absolute atomic E-state index is 13.6. The summed E-state index contributed by atoms with van der Waals surface area (Å²) in [6.07, 6.45) is 2.86. The first-order chi connectivity index (χ1) is 16.0. The second-order valence-corrected chi connectivity index (χ2v) is 13.8. The predicted octanol–water partition coefficient (Wildman–Crippen LogP) is 5.60. The highest BCUT2D eigenvalue weighted by Gasteiger charge is 2.44. The van der Waals surface area contributed by atoms with E-state index in [9.17, 15) is 26.4 Å². The molecule has 34 heavy (non-hydrogen) atoms. The van der Waals surface area contributed by atoms with Crippen LogP contribution in [0.1, 0.15) is 73.8 Å². The monoisotopic (exact) mass is 514 g/mol. The topological polar surface area (TPSA) is 76.1 Å². The average Bonchev–Trinajstić information content (AvgIpc) is 3.70. The van der Waals surface area contributed by atoms with Gasteiger partial charge in [-0.25, -0.2) is 13.4 Å². The lowest BCUT2D eigenvalue weighted by atomic mass is 9.70. The van der Waals surface area contributed by atoms with Crippen molar-refractivity contribution in [3.8, 4) is 0 Å². The zero-order valence-electron chi connectivity index (χ0n) is 18.9. The van der Waals surface area contributed by atoms with Crippen LogP contribution in [0.5, 0.6) is 0 Å². The average molecular weight is 515 g/mol. The second-order valence-electron chi connectivity index (χ2n) is 10.5. The Bertz CT molecular complexity index is 1180. The number of rotatable bonds is 8. The minimum Gasteiger partial charge on any atom is -0.351 e.